The first-order valence-corrected chi connectivity index (χ1v) is 54.1. The number of ether oxygens (including phenoxy) is 4. The highest BCUT2D eigenvalue weighted by Crippen LogP contribution is 2.40. The summed E-state index contributed by atoms with van der Waals surface area (Å²) in [7, 11) is 0. The van der Waals surface area contributed by atoms with Crippen molar-refractivity contribution < 1.29 is 18.9 Å². The Balaban J connectivity index is -0.000000169. The lowest BCUT2D eigenvalue weighted by atomic mass is 9.80. The molecule has 1 saturated carbocycles. The Morgan fingerprint density at radius 2 is 0.715 bits per heavy atom. The van der Waals surface area contributed by atoms with Gasteiger partial charge in [-0.15, -0.1) is 11.3 Å². The van der Waals surface area contributed by atoms with E-state index in [-0.39, 0.29) is 116 Å². The van der Waals surface area contributed by atoms with E-state index >= 15 is 0 Å². The molecule has 1 atom stereocenters. The van der Waals surface area contributed by atoms with Gasteiger partial charge in [0.25, 0.3) is 0 Å². The summed E-state index contributed by atoms with van der Waals surface area (Å²) in [5, 5.41) is 2.13. The minimum absolute atomic E-state index is 0. The fourth-order valence-corrected chi connectivity index (χ4v) is 18.6. The van der Waals surface area contributed by atoms with E-state index in [0.29, 0.717) is 49.4 Å². The molecule has 4 saturated heterocycles. The average molecular weight is 2040 g/mol. The van der Waals surface area contributed by atoms with Gasteiger partial charge in [0.15, 0.2) is 0 Å². The number of piperidine rings is 2. The maximum absolute atomic E-state index is 5.77. The maximum Gasteiger partial charge on any atom is 0.123 e. The highest BCUT2D eigenvalue weighted by molar-refractivity contribution is 7.10. The number of hydrogen-bond acceptors (Lipinski definition) is 10. The smallest absolute Gasteiger partial charge is 0.123 e. The van der Waals surface area contributed by atoms with Crippen LogP contribution in [-0.2, 0) is 39.4 Å². The minimum atomic E-state index is 0. The highest BCUT2D eigenvalue weighted by atomic mass is 32.1. The molecule has 0 spiro atoms. The van der Waals surface area contributed by atoms with Crippen molar-refractivity contribution in [1.29, 1.82) is 0 Å². The fraction of sp³-hybridized carbons (Fsp3) is 0.761. The van der Waals surface area contributed by atoms with Gasteiger partial charge < -0.3 is 18.9 Å². The van der Waals surface area contributed by atoms with E-state index in [1.54, 1.807) is 11.1 Å². The Hall–Kier alpha value is -4.78. The molecule has 0 N–H and O–H groups in total. The molecule has 0 radical (unpaired) electrons. The van der Waals surface area contributed by atoms with Crippen LogP contribution < -0.4 is 14.2 Å². The summed E-state index contributed by atoms with van der Waals surface area (Å²) >= 11 is 1.83. The van der Waals surface area contributed by atoms with Gasteiger partial charge >= 0.3 is 0 Å². The van der Waals surface area contributed by atoms with Crippen LogP contribution in [0.25, 0.3) is 0 Å². The van der Waals surface area contributed by atoms with Gasteiger partial charge in [-0.25, -0.2) is 0 Å². The quantitative estimate of drug-likeness (QED) is 0.155. The summed E-state index contributed by atoms with van der Waals surface area (Å²) in [5.41, 5.74) is 14.5. The van der Waals surface area contributed by atoms with Gasteiger partial charge in [0.2, 0.25) is 0 Å². The van der Waals surface area contributed by atoms with Crippen molar-refractivity contribution in [3.05, 3.63) is 171 Å². The number of rotatable bonds is 6. The van der Waals surface area contributed by atoms with Crippen molar-refractivity contribution in [2.24, 2.45) is 22.2 Å². The van der Waals surface area contributed by atoms with Crippen LogP contribution in [0.2, 0.25) is 0 Å². The molecule has 5 fully saturated rings. The average Bonchev–Trinajstić information content (AvgIpc) is 1.13. The molecule has 5 aromatic rings. The summed E-state index contributed by atoms with van der Waals surface area (Å²) in [4.78, 5) is 14.2. The monoisotopic (exact) mass is 2040 g/mol. The van der Waals surface area contributed by atoms with E-state index in [4.69, 9.17) is 18.9 Å². The number of fused-ring (bicyclic) bond motifs is 1. The molecule has 1 aromatic heterocycles. The summed E-state index contributed by atoms with van der Waals surface area (Å²) in [6.45, 7) is 109. The highest BCUT2D eigenvalue weighted by Gasteiger charge is 2.32. The second-order valence-corrected chi connectivity index (χ2v) is 53.1. The minimum Gasteiger partial charge on any atom is -0.491 e. The van der Waals surface area contributed by atoms with Crippen LogP contribution >= 0.6 is 11.3 Å². The largest absolute Gasteiger partial charge is 0.491 e. The molecule has 1 unspecified atom stereocenters. The van der Waals surface area contributed by atoms with E-state index in [9.17, 15) is 0 Å². The fourth-order valence-electron chi connectivity index (χ4n) is 17.8. The summed E-state index contributed by atoms with van der Waals surface area (Å²) < 4.78 is 22.3. The lowest BCUT2D eigenvalue weighted by molar-refractivity contribution is -0.00389. The Kier molecular flexibility index (Phi) is 82.1. The molecular weight excluding hydrogens is 1780 g/mol. The van der Waals surface area contributed by atoms with E-state index in [0.717, 1.165) is 62.1 Å². The van der Waals surface area contributed by atoms with Gasteiger partial charge in [-0.1, -0.05) is 349 Å². The SMILES string of the molecule is C.C.C.C.C.C.C.C.C.C.C.CC(C)(C)C1=CCCC1.CC(C)(C)C1=CCCCC1.CC(C)(C)C1CCCC1.CC(C)(C)N1CCCC1.CC(C)(C)N1CCCCC1.CC(C)(C)N1CCOCC1.CC(C)(C)N1CCc2ccccc2C1.CC(C)(C)c1cccs1.CC(C)Oc1ccc(C(C)(C)C)cc1.CC(C)Oc1cccc(C(C)(C)C)c1.CC(C)Oc1ccccc1C(C)(C)C.CC1CCCCN1C(C)(C)C. The normalized spacial score (nSPS) is 16.9. The molecule has 8 aliphatic rings. The first-order chi connectivity index (χ1) is 61.0. The first kappa shape index (κ1) is 159. The molecule has 3 aliphatic carbocycles. The van der Waals surface area contributed by atoms with E-state index in [2.05, 4.69) is 391 Å². The van der Waals surface area contributed by atoms with Crippen molar-refractivity contribution in [2.75, 3.05) is 65.6 Å². The van der Waals surface area contributed by atoms with Gasteiger partial charge in [-0.05, 0) is 401 Å². The number of allylic oxidation sites excluding steroid dienone is 4. The van der Waals surface area contributed by atoms with Crippen LogP contribution in [-0.4, -0.2) is 142 Å². The van der Waals surface area contributed by atoms with Gasteiger partial charge in [0.05, 0.1) is 31.5 Å². The predicted octanol–water partition coefficient (Wildman–Crippen LogP) is 42.0. The van der Waals surface area contributed by atoms with Crippen LogP contribution in [0.4, 0.5) is 0 Å². The molecule has 144 heavy (non-hydrogen) atoms. The third-order valence-corrected chi connectivity index (χ3v) is 27.7. The van der Waals surface area contributed by atoms with Gasteiger partial charge in [0.1, 0.15) is 17.2 Å². The lowest BCUT2D eigenvalue weighted by Gasteiger charge is -2.43. The zero-order valence-electron chi connectivity index (χ0n) is 95.7. The van der Waals surface area contributed by atoms with Crippen LogP contribution in [0.15, 0.2) is 138 Å². The summed E-state index contributed by atoms with van der Waals surface area (Å²) in [5.74, 6) is 3.94. The van der Waals surface area contributed by atoms with Crippen molar-refractivity contribution in [3.63, 3.8) is 0 Å². The molecule has 6 heterocycles. The molecule has 0 amide bonds. The Morgan fingerprint density at radius 1 is 0.312 bits per heavy atom. The Bertz CT molecular complexity index is 3850. The van der Waals surface area contributed by atoms with Crippen molar-refractivity contribution >= 4 is 11.3 Å². The van der Waals surface area contributed by atoms with E-state index < -0.39 is 0 Å². The van der Waals surface area contributed by atoms with Crippen LogP contribution in [0.1, 0.15) is 534 Å². The second-order valence-electron chi connectivity index (χ2n) is 52.1. The molecule has 4 aromatic carbocycles. The number of benzene rings is 4. The Labute approximate surface area is 912 Å². The van der Waals surface area contributed by atoms with Crippen LogP contribution in [0.5, 0.6) is 17.2 Å². The summed E-state index contributed by atoms with van der Waals surface area (Å²) in [6, 6.07) is 38.8. The molecular formula is C134H261N5O4S. The third kappa shape index (κ3) is 68.2. The molecule has 10 heteroatoms. The van der Waals surface area contributed by atoms with Crippen LogP contribution in [0.3, 0.4) is 0 Å². The zero-order valence-corrected chi connectivity index (χ0v) is 96.5. The number of para-hydroxylation sites is 1. The molecule has 852 valence electrons. The van der Waals surface area contributed by atoms with Gasteiger partial charge in [-0.2, -0.15) is 0 Å². The third-order valence-electron chi connectivity index (χ3n) is 26.4. The van der Waals surface area contributed by atoms with Crippen molar-refractivity contribution in [3.8, 4) is 17.2 Å². The van der Waals surface area contributed by atoms with Gasteiger partial charge in [0, 0.05) is 64.8 Å². The number of thiophene rings is 1. The zero-order chi connectivity index (χ0) is 101. The predicted molar refractivity (Wildman–Crippen MR) is 667 cm³/mol. The maximum atomic E-state index is 5.77. The lowest BCUT2D eigenvalue weighted by Crippen LogP contribution is -2.49. The molecule has 5 aliphatic heterocycles. The number of likely N-dealkylation sites (tertiary alicyclic amines) is 3. The van der Waals surface area contributed by atoms with Crippen molar-refractivity contribution in [2.45, 2.75) is 588 Å². The summed E-state index contributed by atoms with van der Waals surface area (Å²) in [6.07, 6.45) is 33.4. The van der Waals surface area contributed by atoms with E-state index in [1.165, 1.54) is 200 Å². The second kappa shape index (κ2) is 74.3. The number of hydrogen-bond donors (Lipinski definition) is 0. The molecule has 9 nitrogen and oxygen atoms in total. The standard InChI is InChI=1S/C13H19N.3C13H20O.C10H21N.C10H18.C9H19N.C9H18.C9H16.C8H17NO.C8H17N.C8H12S.11CH4/c1-13(2,3)14-9-8-11-6-4-5-7-12(11)10-14;1-10(2)14-12-8-6-11(7-9-12)13(3,4)5;1-10(2)14-12-8-6-7-11(9-12)13(3,4)5;1-10(2)14-12-9-7-6-8-11(12)13(3,4)5;1-9-7-5-6-8-11(9)10(2,3)4;1-10(2,3)9-7-5-4-6-8-9;1-9(2,3)10-7-5-4-6-8-10;2*1-9(2,3)8-6-4-5-7-8;1-8(2,3)9-4-6-10-7-5-9;1-8(2,3)9-6-4-5-7-9;1-8(2,3)7-5-4-6-9-7;;;;;;;;;;;/h4-7H,8-10H2,1-3H3;3*6-10H,1-5H3;9H,5-8H2,1-4H3;7H,4-6,8H2,1-3H3;4-8H2,1-3H3;8H,4-7H2,1-3H3;6H,4-5,7H2,1-3H3;4-7H2,1-3H3;4-7H2,1-3H3;4-6H,1-3H3;11*1H4. The van der Waals surface area contributed by atoms with Crippen molar-refractivity contribution in [1.82, 2.24) is 24.5 Å². The van der Waals surface area contributed by atoms with Crippen LogP contribution in [0, 0.1) is 22.2 Å². The topological polar surface area (TPSA) is 53.1 Å². The van der Waals surface area contributed by atoms with E-state index in [1.807, 2.05) is 69.4 Å². The Morgan fingerprint density at radius 3 is 1.05 bits per heavy atom. The molecule has 0 bridgehead atoms. The first-order valence-electron chi connectivity index (χ1n) is 53.2. The number of nitrogens with zero attached hydrogens (tertiary/aromatic N) is 5. The van der Waals surface area contributed by atoms with Gasteiger partial charge in [-0.3, -0.25) is 24.5 Å². The number of morpholine rings is 1. The molecule has 13 rings (SSSR count).